The molecule has 5 rings (SSSR count). The molecule has 0 aliphatic carbocycles. The zero-order valence-electron chi connectivity index (χ0n) is 19.8. The molecule has 1 fully saturated rings. The summed E-state index contributed by atoms with van der Waals surface area (Å²) in [6.45, 7) is -0.891. The topological polar surface area (TPSA) is 81.6 Å². The molecular formula is C26H18F5N3O4S. The number of pyridine rings is 1. The first-order valence-corrected chi connectivity index (χ1v) is 12.4. The largest absolute Gasteiger partial charge is 0.491 e. The van der Waals surface area contributed by atoms with Crippen LogP contribution < -0.4 is 9.47 Å². The lowest BCUT2D eigenvalue weighted by Gasteiger charge is -2.38. The van der Waals surface area contributed by atoms with Crippen molar-refractivity contribution in [3.63, 3.8) is 0 Å². The Hall–Kier alpha value is -4.13. The quantitative estimate of drug-likeness (QED) is 0.227. The monoisotopic (exact) mass is 563 g/mol. The molecule has 2 aromatic carbocycles. The van der Waals surface area contributed by atoms with E-state index in [0.717, 1.165) is 6.07 Å². The molecule has 1 atom stereocenters. The van der Waals surface area contributed by atoms with Gasteiger partial charge in [-0.05, 0) is 18.2 Å². The predicted molar refractivity (Wildman–Crippen MR) is 131 cm³/mol. The summed E-state index contributed by atoms with van der Waals surface area (Å²) in [7, 11) is 0. The van der Waals surface area contributed by atoms with E-state index in [9.17, 15) is 22.8 Å². The number of likely N-dealkylation sites (tertiary alicyclic amines) is 1. The van der Waals surface area contributed by atoms with Crippen LogP contribution in [0.15, 0.2) is 66.2 Å². The van der Waals surface area contributed by atoms with Crippen molar-refractivity contribution in [1.29, 1.82) is 0 Å². The van der Waals surface area contributed by atoms with Gasteiger partial charge in [0, 0.05) is 41.1 Å². The number of rotatable bonds is 5. The van der Waals surface area contributed by atoms with Crippen molar-refractivity contribution >= 4 is 34.1 Å². The number of carbonyl (C=O) groups excluding carboxylic acids is 2. The van der Waals surface area contributed by atoms with Gasteiger partial charge in [0.15, 0.2) is 11.9 Å². The molecule has 2 aromatic heterocycles. The summed E-state index contributed by atoms with van der Waals surface area (Å²) in [5, 5.41) is 2.60. The third kappa shape index (κ3) is 5.53. The van der Waals surface area contributed by atoms with Crippen LogP contribution in [0.1, 0.15) is 16.8 Å². The molecule has 0 saturated carbocycles. The normalized spacial score (nSPS) is 17.2. The van der Waals surface area contributed by atoms with E-state index in [1.165, 1.54) is 28.4 Å². The Balaban J connectivity index is 1.45. The van der Waals surface area contributed by atoms with Crippen molar-refractivity contribution in [1.82, 2.24) is 14.9 Å². The Labute approximate surface area is 221 Å². The lowest BCUT2D eigenvalue weighted by Crippen LogP contribution is -2.55. The van der Waals surface area contributed by atoms with E-state index in [4.69, 9.17) is 4.74 Å². The highest BCUT2D eigenvalue weighted by atomic mass is 32.1. The van der Waals surface area contributed by atoms with Gasteiger partial charge in [0.25, 0.3) is 17.7 Å². The van der Waals surface area contributed by atoms with Gasteiger partial charge in [0.05, 0.1) is 12.1 Å². The molecule has 0 spiro atoms. The molecule has 1 saturated heterocycles. The number of carbonyl (C=O) groups is 2. The number of piperidine rings is 1. The number of alkyl halides is 5. The summed E-state index contributed by atoms with van der Waals surface area (Å²) in [6, 6.07) is 13.8. The minimum Gasteiger partial charge on any atom is -0.463 e. The summed E-state index contributed by atoms with van der Waals surface area (Å²) >= 11 is 1.31. The number of para-hydroxylation sites is 1. The number of halogens is 5. The standard InChI is InChI=1S/C26H18F5N3O4S/c27-25(28)9-11-34(23(35)17-7-3-2-6-16(17)22-32-10-12-39-22)14-20(25)38-21-19(37-24(36)26(29,30)31)13-15-5-1-4-8-18(15)33-21/h1-8,10,12-13,20H,9,11,14H2. The predicted octanol–water partition coefficient (Wildman–Crippen LogP) is 5.75. The fourth-order valence-electron chi connectivity index (χ4n) is 4.09. The molecular weight excluding hydrogens is 545 g/mol. The van der Waals surface area contributed by atoms with E-state index >= 15 is 8.78 Å². The van der Waals surface area contributed by atoms with Crippen LogP contribution in [0, 0.1) is 0 Å². The highest BCUT2D eigenvalue weighted by Crippen LogP contribution is 2.37. The molecule has 1 aliphatic heterocycles. The molecule has 4 aromatic rings. The number of hydrogen-bond donors (Lipinski definition) is 0. The summed E-state index contributed by atoms with van der Waals surface area (Å²) in [5.41, 5.74) is 0.994. The maximum atomic E-state index is 15.0. The van der Waals surface area contributed by atoms with E-state index in [1.54, 1.807) is 48.0 Å². The Morgan fingerprint density at radius 3 is 2.56 bits per heavy atom. The van der Waals surface area contributed by atoms with Crippen molar-refractivity contribution < 1.29 is 41.0 Å². The molecule has 13 heteroatoms. The average molecular weight is 564 g/mol. The number of amides is 1. The van der Waals surface area contributed by atoms with E-state index in [1.807, 2.05) is 0 Å². The number of benzene rings is 2. The molecule has 0 radical (unpaired) electrons. The van der Waals surface area contributed by atoms with Gasteiger partial charge in [0.1, 0.15) is 5.01 Å². The first-order valence-electron chi connectivity index (χ1n) is 11.5. The second-order valence-corrected chi connectivity index (χ2v) is 9.52. The maximum Gasteiger partial charge on any atom is 0.491 e. The molecule has 1 unspecified atom stereocenters. The SMILES string of the molecule is O=C(c1ccccc1-c1nccs1)N1CCC(F)(F)C(Oc2nc3ccccc3cc2OC(=O)C(F)(F)F)C1. The zero-order chi connectivity index (χ0) is 27.8. The third-order valence-electron chi connectivity index (χ3n) is 6.02. The Kier molecular flexibility index (Phi) is 6.93. The van der Waals surface area contributed by atoms with Crippen LogP contribution in [0.2, 0.25) is 0 Å². The summed E-state index contributed by atoms with van der Waals surface area (Å²) in [4.78, 5) is 34.4. The maximum absolute atomic E-state index is 15.0. The minimum absolute atomic E-state index is 0.212. The molecule has 202 valence electrons. The van der Waals surface area contributed by atoms with E-state index in [2.05, 4.69) is 14.7 Å². The van der Waals surface area contributed by atoms with Gasteiger partial charge in [-0.1, -0.05) is 36.4 Å². The van der Waals surface area contributed by atoms with Crippen LogP contribution in [0.3, 0.4) is 0 Å². The number of nitrogens with zero attached hydrogens (tertiary/aromatic N) is 3. The average Bonchev–Trinajstić information content (AvgIpc) is 3.44. The van der Waals surface area contributed by atoms with Crippen LogP contribution in [0.25, 0.3) is 21.5 Å². The second-order valence-electron chi connectivity index (χ2n) is 8.62. The van der Waals surface area contributed by atoms with E-state index < -0.39 is 54.7 Å². The van der Waals surface area contributed by atoms with Crippen LogP contribution in [0.4, 0.5) is 22.0 Å². The van der Waals surface area contributed by atoms with Crippen LogP contribution in [-0.2, 0) is 4.79 Å². The van der Waals surface area contributed by atoms with Gasteiger partial charge in [-0.15, -0.1) is 11.3 Å². The van der Waals surface area contributed by atoms with Gasteiger partial charge < -0.3 is 14.4 Å². The minimum atomic E-state index is -5.34. The summed E-state index contributed by atoms with van der Waals surface area (Å²) in [6.07, 6.45) is -6.52. The summed E-state index contributed by atoms with van der Waals surface area (Å²) in [5.74, 6) is -8.07. The van der Waals surface area contributed by atoms with Gasteiger partial charge >= 0.3 is 12.1 Å². The number of ether oxygens (including phenoxy) is 2. The number of fused-ring (bicyclic) bond motifs is 1. The lowest BCUT2D eigenvalue weighted by atomic mass is 10.0. The fourth-order valence-corrected chi connectivity index (χ4v) is 4.77. The molecule has 39 heavy (non-hydrogen) atoms. The molecule has 1 amide bonds. The zero-order valence-corrected chi connectivity index (χ0v) is 20.6. The second kappa shape index (κ2) is 10.2. The molecule has 3 heterocycles. The number of esters is 1. The number of hydrogen-bond acceptors (Lipinski definition) is 7. The van der Waals surface area contributed by atoms with Crippen LogP contribution >= 0.6 is 11.3 Å². The van der Waals surface area contributed by atoms with Gasteiger partial charge in [-0.2, -0.15) is 13.2 Å². The number of thiazole rings is 1. The van der Waals surface area contributed by atoms with Crippen molar-refractivity contribution in [3.8, 4) is 22.2 Å². The highest BCUT2D eigenvalue weighted by Gasteiger charge is 2.48. The van der Waals surface area contributed by atoms with Gasteiger partial charge in [0.2, 0.25) is 0 Å². The van der Waals surface area contributed by atoms with Crippen molar-refractivity contribution in [2.75, 3.05) is 13.1 Å². The first-order chi connectivity index (χ1) is 18.5. The Bertz CT molecular complexity index is 1530. The highest BCUT2D eigenvalue weighted by molar-refractivity contribution is 7.13. The Morgan fingerprint density at radius 1 is 1.08 bits per heavy atom. The van der Waals surface area contributed by atoms with Gasteiger partial charge in [-0.3, -0.25) is 4.79 Å². The number of aromatic nitrogens is 2. The van der Waals surface area contributed by atoms with Crippen LogP contribution in [-0.4, -0.2) is 58.0 Å². The van der Waals surface area contributed by atoms with Crippen molar-refractivity contribution in [3.05, 3.63) is 71.7 Å². The smallest absolute Gasteiger partial charge is 0.463 e. The molecule has 1 aliphatic rings. The van der Waals surface area contributed by atoms with Crippen molar-refractivity contribution in [2.45, 2.75) is 24.6 Å². The van der Waals surface area contributed by atoms with Crippen molar-refractivity contribution in [2.24, 2.45) is 0 Å². The molecule has 0 N–H and O–H groups in total. The lowest BCUT2D eigenvalue weighted by molar-refractivity contribution is -0.190. The molecule has 0 bridgehead atoms. The fraction of sp³-hybridized carbons (Fsp3) is 0.231. The Morgan fingerprint density at radius 2 is 1.82 bits per heavy atom. The third-order valence-corrected chi connectivity index (χ3v) is 6.83. The first kappa shape index (κ1) is 26.5. The van der Waals surface area contributed by atoms with Crippen LogP contribution in [0.5, 0.6) is 11.6 Å². The summed E-state index contributed by atoms with van der Waals surface area (Å²) < 4.78 is 78.6. The van der Waals surface area contributed by atoms with E-state index in [-0.39, 0.29) is 17.6 Å². The van der Waals surface area contributed by atoms with Gasteiger partial charge in [-0.25, -0.2) is 23.5 Å². The molecule has 7 nitrogen and oxygen atoms in total. The van der Waals surface area contributed by atoms with E-state index in [0.29, 0.717) is 16.0 Å².